The lowest BCUT2D eigenvalue weighted by molar-refractivity contribution is -0.137. The Morgan fingerprint density at radius 1 is 1.30 bits per heavy atom. The molecule has 1 fully saturated rings. The number of ether oxygens (including phenoxy) is 1. The lowest BCUT2D eigenvalue weighted by atomic mass is 10.1. The van der Waals surface area contributed by atoms with Gasteiger partial charge < -0.3 is 9.64 Å². The van der Waals surface area contributed by atoms with E-state index in [2.05, 4.69) is 0 Å². The summed E-state index contributed by atoms with van der Waals surface area (Å²) in [6.07, 6.45) is -4.58. The zero-order valence-corrected chi connectivity index (χ0v) is 12.8. The first-order chi connectivity index (χ1) is 11.0. The average Bonchev–Trinajstić information content (AvgIpc) is 3.08. The zero-order valence-electron chi connectivity index (χ0n) is 12.0. The average molecular weight is 338 g/mol. The standard InChI is InChI=1S/C16H13F3N2OS/c17-16(18,19)12-3-4-13(11(8-12)9-20)21-5-6-22-14(10-21)15-2-1-7-23-15/h1-4,7-8,14H,5-6,10H2. The number of anilines is 1. The van der Waals surface area contributed by atoms with Crippen LogP contribution in [-0.4, -0.2) is 19.7 Å². The molecule has 23 heavy (non-hydrogen) atoms. The second-order valence-corrected chi connectivity index (χ2v) is 6.14. The highest BCUT2D eigenvalue weighted by molar-refractivity contribution is 7.10. The van der Waals surface area contributed by atoms with E-state index in [1.807, 2.05) is 28.5 Å². The molecule has 1 aliphatic rings. The normalized spacial score (nSPS) is 18.7. The van der Waals surface area contributed by atoms with Crippen molar-refractivity contribution < 1.29 is 17.9 Å². The van der Waals surface area contributed by atoms with E-state index in [1.165, 1.54) is 6.07 Å². The molecule has 0 saturated carbocycles. The maximum absolute atomic E-state index is 12.8. The first-order valence-electron chi connectivity index (χ1n) is 7.00. The molecule has 2 heterocycles. The van der Waals surface area contributed by atoms with Crippen molar-refractivity contribution in [3.63, 3.8) is 0 Å². The van der Waals surface area contributed by atoms with Crippen LogP contribution in [-0.2, 0) is 10.9 Å². The van der Waals surface area contributed by atoms with Crippen LogP contribution in [0.15, 0.2) is 35.7 Å². The van der Waals surface area contributed by atoms with Crippen molar-refractivity contribution >= 4 is 17.0 Å². The van der Waals surface area contributed by atoms with Gasteiger partial charge in [0.15, 0.2) is 0 Å². The number of benzene rings is 1. The molecule has 120 valence electrons. The molecule has 1 aromatic heterocycles. The fourth-order valence-corrected chi connectivity index (χ4v) is 3.36. The van der Waals surface area contributed by atoms with Crippen LogP contribution < -0.4 is 4.90 Å². The molecule has 7 heteroatoms. The lowest BCUT2D eigenvalue weighted by Crippen LogP contribution is -2.38. The molecule has 1 unspecified atom stereocenters. The van der Waals surface area contributed by atoms with E-state index in [9.17, 15) is 18.4 Å². The second-order valence-electron chi connectivity index (χ2n) is 5.16. The number of morpholine rings is 1. The van der Waals surface area contributed by atoms with Gasteiger partial charge in [-0.15, -0.1) is 11.3 Å². The molecule has 0 aliphatic carbocycles. The molecule has 1 atom stereocenters. The van der Waals surface area contributed by atoms with Gasteiger partial charge in [-0.2, -0.15) is 18.4 Å². The van der Waals surface area contributed by atoms with Gasteiger partial charge in [0, 0.05) is 18.0 Å². The Hall–Kier alpha value is -2.04. The number of hydrogen-bond acceptors (Lipinski definition) is 4. The number of hydrogen-bond donors (Lipinski definition) is 0. The van der Waals surface area contributed by atoms with Crippen LogP contribution in [0.1, 0.15) is 22.1 Å². The van der Waals surface area contributed by atoms with Gasteiger partial charge in [0.1, 0.15) is 12.2 Å². The third-order valence-electron chi connectivity index (χ3n) is 3.71. The van der Waals surface area contributed by atoms with Gasteiger partial charge >= 0.3 is 6.18 Å². The number of nitriles is 1. The van der Waals surface area contributed by atoms with Gasteiger partial charge in [0.2, 0.25) is 0 Å². The number of rotatable bonds is 2. The summed E-state index contributed by atoms with van der Waals surface area (Å²) in [5.74, 6) is 0. The summed E-state index contributed by atoms with van der Waals surface area (Å²) in [6, 6.07) is 9.08. The van der Waals surface area contributed by atoms with Crippen LogP contribution in [0.4, 0.5) is 18.9 Å². The van der Waals surface area contributed by atoms with Crippen LogP contribution in [0.3, 0.4) is 0 Å². The topological polar surface area (TPSA) is 36.3 Å². The van der Waals surface area contributed by atoms with Gasteiger partial charge in [0.25, 0.3) is 0 Å². The van der Waals surface area contributed by atoms with E-state index < -0.39 is 11.7 Å². The van der Waals surface area contributed by atoms with Crippen molar-refractivity contribution in [1.29, 1.82) is 5.26 Å². The van der Waals surface area contributed by atoms with Crippen LogP contribution in [0.5, 0.6) is 0 Å². The predicted octanol–water partition coefficient (Wildman–Crippen LogP) is 4.22. The number of halogens is 3. The third-order valence-corrected chi connectivity index (χ3v) is 4.68. The van der Waals surface area contributed by atoms with E-state index in [0.29, 0.717) is 25.4 Å². The van der Waals surface area contributed by atoms with Crippen molar-refractivity contribution in [1.82, 2.24) is 0 Å². The molecule has 0 N–H and O–H groups in total. The Morgan fingerprint density at radius 2 is 2.13 bits per heavy atom. The summed E-state index contributed by atoms with van der Waals surface area (Å²) >= 11 is 1.58. The summed E-state index contributed by atoms with van der Waals surface area (Å²) in [4.78, 5) is 2.98. The molecule has 1 aliphatic heterocycles. The molecule has 0 amide bonds. The minimum absolute atomic E-state index is 0.0339. The summed E-state index contributed by atoms with van der Waals surface area (Å²) in [5, 5.41) is 11.2. The van der Waals surface area contributed by atoms with Crippen LogP contribution in [0.25, 0.3) is 0 Å². The third kappa shape index (κ3) is 3.33. The maximum atomic E-state index is 12.8. The highest BCUT2D eigenvalue weighted by Gasteiger charge is 2.32. The highest BCUT2D eigenvalue weighted by Crippen LogP contribution is 2.34. The number of nitrogens with zero attached hydrogens (tertiary/aromatic N) is 2. The minimum Gasteiger partial charge on any atom is -0.369 e. The van der Waals surface area contributed by atoms with Crippen molar-refractivity contribution in [2.24, 2.45) is 0 Å². The van der Waals surface area contributed by atoms with E-state index in [4.69, 9.17) is 4.74 Å². The molecule has 3 nitrogen and oxygen atoms in total. The lowest BCUT2D eigenvalue weighted by Gasteiger charge is -2.34. The number of alkyl halides is 3. The molecule has 2 aromatic rings. The summed E-state index contributed by atoms with van der Waals surface area (Å²) in [5.41, 5.74) is -0.252. The Bertz CT molecular complexity index is 722. The van der Waals surface area contributed by atoms with E-state index in [0.717, 1.165) is 17.0 Å². The van der Waals surface area contributed by atoms with Gasteiger partial charge in [-0.3, -0.25) is 0 Å². The highest BCUT2D eigenvalue weighted by atomic mass is 32.1. The molecule has 3 rings (SSSR count). The van der Waals surface area contributed by atoms with Crippen LogP contribution in [0, 0.1) is 11.3 Å². The predicted molar refractivity (Wildman–Crippen MR) is 81.4 cm³/mol. The van der Waals surface area contributed by atoms with E-state index in [-0.39, 0.29) is 11.7 Å². The maximum Gasteiger partial charge on any atom is 0.416 e. The van der Waals surface area contributed by atoms with E-state index >= 15 is 0 Å². The quantitative estimate of drug-likeness (QED) is 0.823. The smallest absolute Gasteiger partial charge is 0.369 e. The van der Waals surface area contributed by atoms with Gasteiger partial charge in [-0.25, -0.2) is 0 Å². The Labute approximate surface area is 135 Å². The van der Waals surface area contributed by atoms with Crippen LogP contribution in [0.2, 0.25) is 0 Å². The fourth-order valence-electron chi connectivity index (χ4n) is 2.59. The number of thiophene rings is 1. The first kappa shape index (κ1) is 15.8. The fraction of sp³-hybridized carbons (Fsp3) is 0.312. The summed E-state index contributed by atoms with van der Waals surface area (Å²) in [7, 11) is 0. The van der Waals surface area contributed by atoms with Crippen LogP contribution >= 0.6 is 11.3 Å². The van der Waals surface area contributed by atoms with E-state index in [1.54, 1.807) is 11.3 Å². The molecule has 0 bridgehead atoms. The first-order valence-corrected chi connectivity index (χ1v) is 7.88. The van der Waals surface area contributed by atoms with Gasteiger partial charge in [0.05, 0.1) is 23.4 Å². The minimum atomic E-state index is -4.45. The second kappa shape index (κ2) is 6.22. The Kier molecular flexibility index (Phi) is 4.28. The Morgan fingerprint density at radius 3 is 2.78 bits per heavy atom. The molecular weight excluding hydrogens is 325 g/mol. The Balaban J connectivity index is 1.88. The zero-order chi connectivity index (χ0) is 16.4. The summed E-state index contributed by atoms with van der Waals surface area (Å²) < 4.78 is 44.1. The van der Waals surface area contributed by atoms with Crippen molar-refractivity contribution in [3.05, 3.63) is 51.7 Å². The summed E-state index contributed by atoms with van der Waals surface area (Å²) in [6.45, 7) is 1.52. The largest absolute Gasteiger partial charge is 0.416 e. The SMILES string of the molecule is N#Cc1cc(C(F)(F)F)ccc1N1CCOC(c2cccs2)C1. The van der Waals surface area contributed by atoms with Gasteiger partial charge in [-0.1, -0.05) is 6.07 Å². The van der Waals surface area contributed by atoms with Crippen molar-refractivity contribution in [2.45, 2.75) is 12.3 Å². The molecular formula is C16H13F3N2OS. The molecule has 1 saturated heterocycles. The molecule has 1 aromatic carbocycles. The van der Waals surface area contributed by atoms with Crippen molar-refractivity contribution in [2.75, 3.05) is 24.6 Å². The van der Waals surface area contributed by atoms with Gasteiger partial charge in [-0.05, 0) is 29.6 Å². The molecule has 0 spiro atoms. The monoisotopic (exact) mass is 338 g/mol. The molecule has 0 radical (unpaired) electrons. The van der Waals surface area contributed by atoms with Crippen molar-refractivity contribution in [3.8, 4) is 6.07 Å².